The Morgan fingerprint density at radius 1 is 1.06 bits per heavy atom. The normalized spacial score (nSPS) is 16.4. The molecule has 2 rings (SSSR count). The molecular formula is C11H12N2O4S. The van der Waals surface area contributed by atoms with Gasteiger partial charge in [0.1, 0.15) is 0 Å². The minimum Gasteiger partial charge on any atom is -0.274 e. The summed E-state index contributed by atoms with van der Waals surface area (Å²) >= 11 is 0. The average Bonchev–Trinajstić information content (AvgIpc) is 2.69. The van der Waals surface area contributed by atoms with Crippen LogP contribution in [0.2, 0.25) is 0 Å². The molecule has 18 heavy (non-hydrogen) atoms. The number of imide groups is 1. The Morgan fingerprint density at radius 2 is 1.56 bits per heavy atom. The molecule has 6 nitrogen and oxygen atoms in total. The van der Waals surface area contributed by atoms with E-state index in [1.165, 1.54) is 31.3 Å². The van der Waals surface area contributed by atoms with E-state index in [0.29, 0.717) is 5.69 Å². The largest absolute Gasteiger partial charge is 0.274 e. The third kappa shape index (κ3) is 2.14. The van der Waals surface area contributed by atoms with Gasteiger partial charge in [0, 0.05) is 12.8 Å². The fourth-order valence-electron chi connectivity index (χ4n) is 1.76. The van der Waals surface area contributed by atoms with Crippen LogP contribution in [-0.4, -0.2) is 27.3 Å². The topological polar surface area (TPSA) is 83.6 Å². The Morgan fingerprint density at radius 3 is 2.00 bits per heavy atom. The molecule has 0 radical (unpaired) electrons. The summed E-state index contributed by atoms with van der Waals surface area (Å²) in [5.41, 5.74) is 0.401. The number of nitrogens with zero attached hydrogens (tertiary/aromatic N) is 1. The quantitative estimate of drug-likeness (QED) is 0.796. The first-order chi connectivity index (χ1) is 8.45. The molecule has 1 aliphatic rings. The molecule has 1 aliphatic heterocycles. The van der Waals surface area contributed by atoms with E-state index in [9.17, 15) is 18.0 Å². The summed E-state index contributed by atoms with van der Waals surface area (Å²) in [6.45, 7) is 0. The van der Waals surface area contributed by atoms with Crippen LogP contribution in [0.1, 0.15) is 12.8 Å². The van der Waals surface area contributed by atoms with Crippen LogP contribution in [0.3, 0.4) is 0 Å². The first kappa shape index (κ1) is 12.7. The van der Waals surface area contributed by atoms with Gasteiger partial charge in [-0.15, -0.1) is 0 Å². The number of sulfonamides is 1. The highest BCUT2D eigenvalue weighted by atomic mass is 32.2. The molecule has 1 N–H and O–H groups in total. The van der Waals surface area contributed by atoms with Gasteiger partial charge in [-0.2, -0.15) is 0 Å². The highest BCUT2D eigenvalue weighted by molar-refractivity contribution is 7.89. The minimum atomic E-state index is -3.50. The van der Waals surface area contributed by atoms with Gasteiger partial charge in [0.2, 0.25) is 21.8 Å². The van der Waals surface area contributed by atoms with Crippen molar-refractivity contribution in [2.24, 2.45) is 0 Å². The van der Waals surface area contributed by atoms with Crippen LogP contribution in [0.25, 0.3) is 0 Å². The van der Waals surface area contributed by atoms with Gasteiger partial charge >= 0.3 is 0 Å². The van der Waals surface area contributed by atoms with Crippen LogP contribution in [0.15, 0.2) is 29.2 Å². The van der Waals surface area contributed by atoms with Crippen molar-refractivity contribution in [2.45, 2.75) is 17.7 Å². The van der Waals surface area contributed by atoms with Gasteiger partial charge in [-0.3, -0.25) is 14.5 Å². The van der Waals surface area contributed by atoms with E-state index in [-0.39, 0.29) is 29.6 Å². The Kier molecular flexibility index (Phi) is 3.18. The summed E-state index contributed by atoms with van der Waals surface area (Å²) in [6.07, 6.45) is 0.408. The summed E-state index contributed by atoms with van der Waals surface area (Å²) in [7, 11) is -2.19. The van der Waals surface area contributed by atoms with Gasteiger partial charge in [-0.1, -0.05) is 0 Å². The SMILES string of the molecule is CNS(=O)(=O)c1ccc(N2C(=O)CCC2=O)cc1. The van der Waals surface area contributed by atoms with Crippen molar-refractivity contribution in [1.29, 1.82) is 0 Å². The molecule has 0 unspecified atom stereocenters. The van der Waals surface area contributed by atoms with Crippen LogP contribution >= 0.6 is 0 Å². The fourth-order valence-corrected chi connectivity index (χ4v) is 2.49. The molecule has 1 aromatic rings. The molecule has 1 heterocycles. The number of anilines is 1. The number of rotatable bonds is 3. The Labute approximate surface area is 105 Å². The Balaban J connectivity index is 2.34. The molecule has 1 fully saturated rings. The summed E-state index contributed by atoms with van der Waals surface area (Å²) in [6, 6.07) is 5.62. The fraction of sp³-hybridized carbons (Fsp3) is 0.273. The zero-order valence-corrected chi connectivity index (χ0v) is 10.5. The number of carbonyl (C=O) groups excluding carboxylic acids is 2. The van der Waals surface area contributed by atoms with Crippen LogP contribution in [0.5, 0.6) is 0 Å². The smallest absolute Gasteiger partial charge is 0.240 e. The lowest BCUT2D eigenvalue weighted by Crippen LogP contribution is -2.28. The number of benzene rings is 1. The van der Waals surface area contributed by atoms with Gasteiger partial charge in [0.25, 0.3) is 0 Å². The van der Waals surface area contributed by atoms with Gasteiger partial charge in [0.15, 0.2) is 0 Å². The highest BCUT2D eigenvalue weighted by Crippen LogP contribution is 2.23. The van der Waals surface area contributed by atoms with Crippen LogP contribution < -0.4 is 9.62 Å². The lowest BCUT2D eigenvalue weighted by Gasteiger charge is -2.14. The minimum absolute atomic E-state index is 0.0906. The Bertz CT molecular complexity index is 576. The molecule has 1 saturated heterocycles. The first-order valence-corrected chi connectivity index (χ1v) is 6.83. The first-order valence-electron chi connectivity index (χ1n) is 5.35. The maximum Gasteiger partial charge on any atom is 0.240 e. The number of hydrogen-bond acceptors (Lipinski definition) is 4. The van der Waals surface area contributed by atoms with Crippen molar-refractivity contribution in [1.82, 2.24) is 4.72 Å². The Hall–Kier alpha value is -1.73. The van der Waals surface area contributed by atoms with Crippen molar-refractivity contribution < 1.29 is 18.0 Å². The zero-order valence-electron chi connectivity index (χ0n) is 9.71. The predicted molar refractivity (Wildman–Crippen MR) is 64.4 cm³/mol. The number of carbonyl (C=O) groups is 2. The van der Waals surface area contributed by atoms with Crippen molar-refractivity contribution >= 4 is 27.5 Å². The van der Waals surface area contributed by atoms with Crippen molar-refractivity contribution in [3.8, 4) is 0 Å². The molecule has 1 aromatic carbocycles. The van der Waals surface area contributed by atoms with Crippen molar-refractivity contribution in [2.75, 3.05) is 11.9 Å². The van der Waals surface area contributed by atoms with Crippen LogP contribution in [0.4, 0.5) is 5.69 Å². The molecule has 2 amide bonds. The molecule has 0 bridgehead atoms. The highest BCUT2D eigenvalue weighted by Gasteiger charge is 2.30. The van der Waals surface area contributed by atoms with Gasteiger partial charge in [-0.25, -0.2) is 13.1 Å². The van der Waals surface area contributed by atoms with E-state index >= 15 is 0 Å². The molecule has 7 heteroatoms. The summed E-state index contributed by atoms with van der Waals surface area (Å²) < 4.78 is 25.2. The molecule has 96 valence electrons. The van der Waals surface area contributed by atoms with Gasteiger partial charge in [-0.05, 0) is 31.3 Å². The molecule has 0 aromatic heterocycles. The van der Waals surface area contributed by atoms with Crippen LogP contribution in [0, 0.1) is 0 Å². The maximum absolute atomic E-state index is 11.5. The third-order valence-corrected chi connectivity index (χ3v) is 4.16. The van der Waals surface area contributed by atoms with E-state index in [2.05, 4.69) is 4.72 Å². The number of hydrogen-bond donors (Lipinski definition) is 1. The van der Waals surface area contributed by atoms with E-state index < -0.39 is 10.0 Å². The summed E-state index contributed by atoms with van der Waals surface area (Å²) in [5, 5.41) is 0. The predicted octanol–water partition coefficient (Wildman–Crippen LogP) is 0.248. The van der Waals surface area contributed by atoms with E-state index in [1.54, 1.807) is 0 Å². The summed E-state index contributed by atoms with van der Waals surface area (Å²) in [4.78, 5) is 24.2. The lowest BCUT2D eigenvalue weighted by atomic mass is 10.3. The van der Waals surface area contributed by atoms with Crippen molar-refractivity contribution in [3.05, 3.63) is 24.3 Å². The monoisotopic (exact) mass is 268 g/mol. The molecule has 0 atom stereocenters. The van der Waals surface area contributed by atoms with Gasteiger partial charge in [0.05, 0.1) is 10.6 Å². The lowest BCUT2D eigenvalue weighted by molar-refractivity contribution is -0.121. The molecule has 0 saturated carbocycles. The van der Waals surface area contributed by atoms with Crippen LogP contribution in [-0.2, 0) is 19.6 Å². The summed E-state index contributed by atoms with van der Waals surface area (Å²) in [5.74, 6) is -0.520. The molecule has 0 aliphatic carbocycles. The van der Waals surface area contributed by atoms with E-state index in [4.69, 9.17) is 0 Å². The number of amides is 2. The van der Waals surface area contributed by atoms with Crippen molar-refractivity contribution in [3.63, 3.8) is 0 Å². The second-order valence-corrected chi connectivity index (χ2v) is 5.71. The maximum atomic E-state index is 11.5. The average molecular weight is 268 g/mol. The van der Waals surface area contributed by atoms with E-state index in [0.717, 1.165) is 4.90 Å². The molecule has 0 spiro atoms. The second kappa shape index (κ2) is 4.51. The molecular weight excluding hydrogens is 256 g/mol. The number of nitrogens with one attached hydrogen (secondary N) is 1. The van der Waals surface area contributed by atoms with E-state index in [1.807, 2.05) is 0 Å². The van der Waals surface area contributed by atoms with Gasteiger partial charge < -0.3 is 0 Å². The standard InChI is InChI=1S/C11H12N2O4S/c1-12-18(16,17)9-4-2-8(3-5-9)13-10(14)6-7-11(13)15/h2-5,12H,6-7H2,1H3. The zero-order chi connectivity index (χ0) is 13.3. The third-order valence-electron chi connectivity index (χ3n) is 2.73. The second-order valence-electron chi connectivity index (χ2n) is 3.82.